The third-order valence-corrected chi connectivity index (χ3v) is 7.06. The first kappa shape index (κ1) is 19.9. The molecular weight excluding hydrogens is 386 g/mol. The minimum Gasteiger partial charge on any atom is -0.362 e. The second-order valence-corrected chi connectivity index (χ2v) is 9.74. The lowest BCUT2D eigenvalue weighted by molar-refractivity contribution is -0.119. The number of fused-ring (bicyclic) bond motifs is 1. The van der Waals surface area contributed by atoms with Crippen LogP contribution in [0.3, 0.4) is 0 Å². The van der Waals surface area contributed by atoms with Crippen molar-refractivity contribution in [3.05, 3.63) is 64.6 Å². The van der Waals surface area contributed by atoms with Gasteiger partial charge in [-0.2, -0.15) is 15.3 Å². The minimum atomic E-state index is -0.527. The maximum Gasteiger partial charge on any atom is 0.165 e. The second kappa shape index (κ2) is 6.74. The highest BCUT2D eigenvalue weighted by molar-refractivity contribution is 6.01. The number of hydrogen-bond donors (Lipinski definition) is 1. The summed E-state index contributed by atoms with van der Waals surface area (Å²) in [6.45, 7) is 8.52. The van der Waals surface area contributed by atoms with Gasteiger partial charge in [0.2, 0.25) is 0 Å². The number of hydrogen-bond acceptors (Lipinski definition) is 5. The van der Waals surface area contributed by atoms with E-state index in [0.29, 0.717) is 6.42 Å². The lowest BCUT2D eigenvalue weighted by atomic mass is 9.58. The van der Waals surface area contributed by atoms with Crippen molar-refractivity contribution in [2.75, 3.05) is 0 Å². The molecule has 1 N–H and O–H groups in total. The van der Waals surface area contributed by atoms with Gasteiger partial charge >= 0.3 is 0 Å². The highest BCUT2D eigenvalue weighted by atomic mass is 16.1. The van der Waals surface area contributed by atoms with Crippen LogP contribution in [-0.2, 0) is 17.3 Å². The number of allylic oxidation sites excluding steroid dienone is 3. The fourth-order valence-electron chi connectivity index (χ4n) is 5.81. The number of nitrogens with one attached hydrogen (secondary N) is 1. The third kappa shape index (κ3) is 2.84. The monoisotopic (exact) mass is 415 g/mol. The van der Waals surface area contributed by atoms with Crippen LogP contribution in [0.2, 0.25) is 0 Å². The summed E-state index contributed by atoms with van der Waals surface area (Å²) in [5.41, 5.74) is 6.66. The molecule has 6 heteroatoms. The Kier molecular flexibility index (Phi) is 4.33. The van der Waals surface area contributed by atoms with Gasteiger partial charge in [-0.25, -0.2) is 0 Å². The summed E-state index contributed by atoms with van der Waals surface area (Å²) in [6.07, 6.45) is 3.79. The molecule has 3 heterocycles. The van der Waals surface area contributed by atoms with E-state index in [9.17, 15) is 4.79 Å². The molecule has 0 radical (unpaired) electrons. The number of aromatic nitrogens is 2. The first-order chi connectivity index (χ1) is 14.8. The number of carbonyl (C=O) groups excluding carboxylic acids is 1. The summed E-state index contributed by atoms with van der Waals surface area (Å²) in [5.74, 6) is 0.234. The maximum absolute atomic E-state index is 13.7. The average molecular weight is 416 g/mol. The van der Waals surface area contributed by atoms with Crippen LogP contribution in [0.5, 0.6) is 0 Å². The predicted molar refractivity (Wildman–Crippen MR) is 120 cm³/mol. The molecule has 31 heavy (non-hydrogen) atoms. The third-order valence-electron chi connectivity index (χ3n) is 7.06. The van der Waals surface area contributed by atoms with E-state index in [1.54, 1.807) is 0 Å². The largest absolute Gasteiger partial charge is 0.362 e. The van der Waals surface area contributed by atoms with Gasteiger partial charge < -0.3 is 5.32 Å². The molecule has 3 aliphatic rings. The molecule has 0 amide bonds. The summed E-state index contributed by atoms with van der Waals surface area (Å²) < 4.78 is 1.88. The van der Waals surface area contributed by atoms with E-state index in [4.69, 9.17) is 0 Å². The van der Waals surface area contributed by atoms with Crippen molar-refractivity contribution in [3.63, 3.8) is 0 Å². The molecule has 1 aliphatic carbocycles. The number of nitrogens with zero attached hydrogens (tertiary/aromatic N) is 4. The standard InChI is InChI=1S/C25H29N5O/c1-6-25(17-9-7-8-16(12-17)19-10-11-26-30(19)5)21-15(2)28-29-23(21)27-18-13-24(3,4)14-20(31)22(18)25/h7-12,23,27H,6,13-14H2,1-5H3. The molecule has 2 aliphatic heterocycles. The number of carbonyl (C=O) groups is 1. The van der Waals surface area contributed by atoms with Crippen LogP contribution in [0.15, 0.2) is 69.3 Å². The quantitative estimate of drug-likeness (QED) is 0.763. The van der Waals surface area contributed by atoms with Gasteiger partial charge in [-0.15, -0.1) is 0 Å². The Morgan fingerprint density at radius 3 is 2.74 bits per heavy atom. The summed E-state index contributed by atoms with van der Waals surface area (Å²) in [5, 5.41) is 16.9. The molecule has 160 valence electrons. The van der Waals surface area contributed by atoms with Crippen molar-refractivity contribution in [2.24, 2.45) is 22.7 Å². The van der Waals surface area contributed by atoms with Crippen molar-refractivity contribution in [2.45, 2.75) is 58.5 Å². The highest BCUT2D eigenvalue weighted by Crippen LogP contribution is 2.55. The summed E-state index contributed by atoms with van der Waals surface area (Å²) >= 11 is 0. The van der Waals surface area contributed by atoms with Crippen LogP contribution in [0.25, 0.3) is 11.3 Å². The van der Waals surface area contributed by atoms with Gasteiger partial charge in [-0.1, -0.05) is 39.0 Å². The Labute approximate surface area is 183 Å². The number of rotatable bonds is 3. The highest BCUT2D eigenvalue weighted by Gasteiger charge is 2.53. The van der Waals surface area contributed by atoms with Crippen LogP contribution in [-0.4, -0.2) is 21.7 Å². The van der Waals surface area contributed by atoms with Crippen LogP contribution in [0.1, 0.15) is 52.5 Å². The molecule has 2 aromatic rings. The second-order valence-electron chi connectivity index (χ2n) is 9.74. The molecule has 6 nitrogen and oxygen atoms in total. The fraction of sp³-hybridized carbons (Fsp3) is 0.440. The van der Waals surface area contributed by atoms with Crippen LogP contribution in [0, 0.1) is 5.41 Å². The van der Waals surface area contributed by atoms with Gasteiger partial charge in [0.25, 0.3) is 0 Å². The molecule has 1 aromatic heterocycles. The fourth-order valence-corrected chi connectivity index (χ4v) is 5.81. The van der Waals surface area contributed by atoms with Crippen molar-refractivity contribution in [3.8, 4) is 11.3 Å². The number of azo groups is 1. The Morgan fingerprint density at radius 2 is 2.03 bits per heavy atom. The Hall–Kier alpha value is -3.02. The van der Waals surface area contributed by atoms with Crippen LogP contribution >= 0.6 is 0 Å². The van der Waals surface area contributed by atoms with E-state index in [1.165, 1.54) is 0 Å². The molecular formula is C25H29N5O. The van der Waals surface area contributed by atoms with Gasteiger partial charge in [0, 0.05) is 42.1 Å². The van der Waals surface area contributed by atoms with Crippen molar-refractivity contribution in [1.82, 2.24) is 15.1 Å². The van der Waals surface area contributed by atoms with E-state index in [-0.39, 0.29) is 17.4 Å². The number of aryl methyl sites for hydroxylation is 1. The number of ketones is 1. The van der Waals surface area contributed by atoms with Gasteiger partial charge in [0.1, 0.15) is 0 Å². The number of Topliss-reactive ketones (excluding diaryl/α,β-unsaturated/α-hetero) is 1. The van der Waals surface area contributed by atoms with Gasteiger partial charge in [-0.05, 0) is 42.9 Å². The molecule has 0 spiro atoms. The SMILES string of the molecule is CCC1(c2cccc(-c3ccnn3C)c2)C2=C(CC(C)(C)CC2=O)NC2N=NC(C)=C21. The van der Waals surface area contributed by atoms with Crippen molar-refractivity contribution < 1.29 is 4.79 Å². The molecule has 0 saturated heterocycles. The van der Waals surface area contributed by atoms with Crippen LogP contribution < -0.4 is 5.32 Å². The zero-order valence-electron chi connectivity index (χ0n) is 18.9. The smallest absolute Gasteiger partial charge is 0.165 e. The predicted octanol–water partition coefficient (Wildman–Crippen LogP) is 5.05. The Morgan fingerprint density at radius 1 is 1.23 bits per heavy atom. The average Bonchev–Trinajstić information content (AvgIpc) is 3.31. The van der Waals surface area contributed by atoms with E-state index >= 15 is 0 Å². The molecule has 2 unspecified atom stereocenters. The molecule has 1 aromatic carbocycles. The molecule has 0 fully saturated rings. The Bertz CT molecular complexity index is 1180. The lowest BCUT2D eigenvalue weighted by Gasteiger charge is -2.48. The molecule has 5 rings (SSSR count). The van der Waals surface area contributed by atoms with E-state index in [2.05, 4.69) is 65.7 Å². The zero-order valence-corrected chi connectivity index (χ0v) is 18.9. The summed E-state index contributed by atoms with van der Waals surface area (Å²) in [4.78, 5) is 13.7. The minimum absolute atomic E-state index is 0.0645. The van der Waals surface area contributed by atoms with Gasteiger partial charge in [0.05, 0.1) is 16.8 Å². The van der Waals surface area contributed by atoms with E-state index in [1.807, 2.05) is 30.9 Å². The topological polar surface area (TPSA) is 71.6 Å². The van der Waals surface area contributed by atoms with Gasteiger partial charge in [0.15, 0.2) is 11.9 Å². The maximum atomic E-state index is 13.7. The molecule has 2 atom stereocenters. The summed E-state index contributed by atoms with van der Waals surface area (Å²) in [6, 6.07) is 10.6. The Balaban J connectivity index is 1.78. The van der Waals surface area contributed by atoms with Crippen molar-refractivity contribution >= 4 is 5.78 Å². The van der Waals surface area contributed by atoms with E-state index < -0.39 is 5.41 Å². The molecule has 0 bridgehead atoms. The summed E-state index contributed by atoms with van der Waals surface area (Å²) in [7, 11) is 1.95. The van der Waals surface area contributed by atoms with Crippen molar-refractivity contribution in [1.29, 1.82) is 0 Å². The lowest BCUT2D eigenvalue weighted by Crippen LogP contribution is -2.51. The van der Waals surface area contributed by atoms with Gasteiger partial charge in [-0.3, -0.25) is 9.48 Å². The normalized spacial score (nSPS) is 26.7. The van der Waals surface area contributed by atoms with E-state index in [0.717, 1.165) is 52.2 Å². The van der Waals surface area contributed by atoms with Crippen LogP contribution in [0.4, 0.5) is 0 Å². The first-order valence-electron chi connectivity index (χ1n) is 11.0. The molecule has 0 saturated carbocycles. The first-order valence-corrected chi connectivity index (χ1v) is 11.0. The number of benzene rings is 1. The zero-order chi connectivity index (χ0) is 22.0.